The number of nitrogens with zero attached hydrogens (tertiary/aromatic N) is 1. The molecule has 0 unspecified atom stereocenters. The average molecular weight is 412 g/mol. The molecule has 1 fully saturated rings. The first-order valence-electron chi connectivity index (χ1n) is 10.4. The molecule has 0 amide bonds. The molecule has 4 heteroatoms. The Balaban J connectivity index is 1.56. The van der Waals surface area contributed by atoms with Crippen LogP contribution >= 0.6 is 23.1 Å². The summed E-state index contributed by atoms with van der Waals surface area (Å²) < 4.78 is 0. The maximum atomic E-state index is 11.6. The Morgan fingerprint density at radius 1 is 1.18 bits per heavy atom. The third-order valence-corrected chi connectivity index (χ3v) is 8.27. The fourth-order valence-corrected chi connectivity index (χ4v) is 6.39. The molecule has 0 bridgehead atoms. The number of hydrogen-bond donors (Lipinski definition) is 0. The van der Waals surface area contributed by atoms with Crippen molar-refractivity contribution in [1.82, 2.24) is 0 Å². The van der Waals surface area contributed by atoms with E-state index in [1.54, 1.807) is 23.1 Å². The van der Waals surface area contributed by atoms with E-state index in [2.05, 4.69) is 19.1 Å². The number of carbonyl (C=O) groups excluding carboxylic acids is 1. The van der Waals surface area contributed by atoms with Gasteiger partial charge < -0.3 is 0 Å². The third kappa shape index (κ3) is 5.72. The first-order chi connectivity index (χ1) is 13.7. The van der Waals surface area contributed by atoms with Gasteiger partial charge in [0.2, 0.25) is 0 Å². The highest BCUT2D eigenvalue weighted by Gasteiger charge is 2.24. The molecule has 1 heterocycles. The number of thiophene rings is 1. The van der Waals surface area contributed by atoms with Gasteiger partial charge in [0.1, 0.15) is 0 Å². The van der Waals surface area contributed by atoms with Crippen molar-refractivity contribution < 1.29 is 4.79 Å². The molecule has 0 radical (unpaired) electrons. The lowest BCUT2D eigenvalue weighted by Crippen LogP contribution is -2.12. The Morgan fingerprint density at radius 2 is 1.93 bits per heavy atom. The van der Waals surface area contributed by atoms with Crippen molar-refractivity contribution >= 4 is 29.4 Å². The molecule has 0 spiro atoms. The number of thioether (sulfide) groups is 1. The molecule has 28 heavy (non-hydrogen) atoms. The monoisotopic (exact) mass is 411 g/mol. The van der Waals surface area contributed by atoms with Gasteiger partial charge in [0, 0.05) is 15.5 Å². The summed E-state index contributed by atoms with van der Waals surface area (Å²) in [4.78, 5) is 15.0. The van der Waals surface area contributed by atoms with E-state index in [9.17, 15) is 4.79 Å². The normalized spacial score (nSPS) is 19.3. The summed E-state index contributed by atoms with van der Waals surface area (Å²) in [7, 11) is 0. The van der Waals surface area contributed by atoms with E-state index < -0.39 is 0 Å². The first-order valence-corrected chi connectivity index (χ1v) is 12.2. The Labute approximate surface area is 177 Å². The molecule has 0 N–H and O–H groups in total. The Bertz CT molecular complexity index is 795. The minimum atomic E-state index is 0.635. The fraction of sp³-hybridized carbons (Fsp3) is 0.500. The van der Waals surface area contributed by atoms with Crippen molar-refractivity contribution in [2.75, 3.05) is 0 Å². The maximum Gasteiger partial charge on any atom is 0.161 e. The largest absolute Gasteiger partial charge is 0.297 e. The molecule has 0 aliphatic heterocycles. The second-order valence-electron chi connectivity index (χ2n) is 7.81. The van der Waals surface area contributed by atoms with Crippen molar-refractivity contribution in [3.8, 4) is 6.07 Å². The average Bonchev–Trinajstić information content (AvgIpc) is 3.16. The number of unbranched alkanes of at least 4 members (excludes halogenated alkanes) is 2. The number of carbonyl (C=O) groups is 1. The van der Waals surface area contributed by atoms with E-state index >= 15 is 0 Å². The van der Waals surface area contributed by atoms with E-state index in [0.29, 0.717) is 11.5 Å². The minimum absolute atomic E-state index is 0.635. The van der Waals surface area contributed by atoms with E-state index in [1.807, 2.05) is 24.3 Å². The summed E-state index contributed by atoms with van der Waals surface area (Å²) in [6, 6.07) is 12.1. The number of aldehydes is 1. The van der Waals surface area contributed by atoms with Crippen molar-refractivity contribution in [2.24, 2.45) is 5.92 Å². The summed E-state index contributed by atoms with van der Waals surface area (Å²) in [5.74, 6) is 2.38. The Hall–Kier alpha value is -1.57. The number of rotatable bonds is 9. The van der Waals surface area contributed by atoms with Gasteiger partial charge in [0.15, 0.2) is 6.29 Å². The van der Waals surface area contributed by atoms with Crippen molar-refractivity contribution in [3.63, 3.8) is 0 Å². The van der Waals surface area contributed by atoms with Gasteiger partial charge in [-0.3, -0.25) is 4.79 Å². The van der Waals surface area contributed by atoms with Crippen LogP contribution in [0, 0.1) is 17.2 Å². The van der Waals surface area contributed by atoms with Crippen LogP contribution < -0.4 is 0 Å². The van der Waals surface area contributed by atoms with Gasteiger partial charge in [-0.15, -0.1) is 23.1 Å². The molecule has 1 aromatic carbocycles. The van der Waals surface area contributed by atoms with Gasteiger partial charge in [-0.25, -0.2) is 0 Å². The van der Waals surface area contributed by atoms with Crippen LogP contribution in [0.5, 0.6) is 0 Å². The smallest absolute Gasteiger partial charge is 0.161 e. The van der Waals surface area contributed by atoms with Gasteiger partial charge >= 0.3 is 0 Å². The summed E-state index contributed by atoms with van der Waals surface area (Å²) >= 11 is 3.43. The molecule has 1 aliphatic carbocycles. The zero-order valence-electron chi connectivity index (χ0n) is 16.7. The highest BCUT2D eigenvalue weighted by Crippen LogP contribution is 2.43. The summed E-state index contributed by atoms with van der Waals surface area (Å²) in [6.45, 7) is 2.27. The topological polar surface area (TPSA) is 40.9 Å². The van der Waals surface area contributed by atoms with Gasteiger partial charge in [-0.1, -0.05) is 44.7 Å². The van der Waals surface area contributed by atoms with Crippen LogP contribution in [0.15, 0.2) is 35.2 Å². The van der Waals surface area contributed by atoms with Gasteiger partial charge in [-0.2, -0.15) is 5.26 Å². The minimum Gasteiger partial charge on any atom is -0.297 e. The second kappa shape index (κ2) is 10.8. The van der Waals surface area contributed by atoms with E-state index in [1.165, 1.54) is 61.8 Å². The number of nitriles is 1. The number of hydrogen-bond acceptors (Lipinski definition) is 4. The quantitative estimate of drug-likeness (QED) is 0.242. The molecule has 2 nitrogen and oxygen atoms in total. The Kier molecular flexibility index (Phi) is 8.18. The van der Waals surface area contributed by atoms with E-state index in [0.717, 1.165) is 27.7 Å². The van der Waals surface area contributed by atoms with Crippen LogP contribution in [-0.4, -0.2) is 6.29 Å². The summed E-state index contributed by atoms with van der Waals surface area (Å²) in [5.41, 5.74) is 1.87. The standard InChI is InChI=1S/C24H29NOS2/c1-2-3-4-5-18-10-12-21(13-11-18)22-14-23(24(16-26)28-22)27-17-20-8-6-19(15-25)7-9-20/h6-9,14,16,18,21H,2-5,10-13,17H2,1H3. The number of benzene rings is 1. The van der Waals surface area contributed by atoms with Crippen molar-refractivity contribution in [3.05, 3.63) is 51.2 Å². The molecular formula is C24H29NOS2. The van der Waals surface area contributed by atoms with Crippen LogP contribution in [0.2, 0.25) is 0 Å². The van der Waals surface area contributed by atoms with Crippen LogP contribution in [-0.2, 0) is 5.75 Å². The highest BCUT2D eigenvalue weighted by atomic mass is 32.2. The highest BCUT2D eigenvalue weighted by molar-refractivity contribution is 7.98. The lowest BCUT2D eigenvalue weighted by molar-refractivity contribution is 0.112. The van der Waals surface area contributed by atoms with Gasteiger partial charge in [0.25, 0.3) is 0 Å². The molecule has 148 valence electrons. The summed E-state index contributed by atoms with van der Waals surface area (Å²) in [5, 5.41) is 8.91. The molecular weight excluding hydrogens is 382 g/mol. The predicted molar refractivity (Wildman–Crippen MR) is 119 cm³/mol. The molecule has 1 saturated carbocycles. The van der Waals surface area contributed by atoms with E-state index in [-0.39, 0.29) is 0 Å². The predicted octanol–water partition coefficient (Wildman–Crippen LogP) is 7.58. The summed E-state index contributed by atoms with van der Waals surface area (Å²) in [6.07, 6.45) is 11.7. The maximum absolute atomic E-state index is 11.6. The zero-order chi connectivity index (χ0) is 19.8. The van der Waals surface area contributed by atoms with Gasteiger partial charge in [0.05, 0.1) is 16.5 Å². The van der Waals surface area contributed by atoms with Crippen molar-refractivity contribution in [1.29, 1.82) is 5.26 Å². The van der Waals surface area contributed by atoms with E-state index in [4.69, 9.17) is 5.26 Å². The SMILES string of the molecule is CCCCCC1CCC(c2cc(SCc3ccc(C#N)cc3)c(C=O)s2)CC1. The first kappa shape index (κ1) is 21.1. The third-order valence-electron chi connectivity index (χ3n) is 5.79. The lowest BCUT2D eigenvalue weighted by atomic mass is 9.79. The zero-order valence-corrected chi connectivity index (χ0v) is 18.3. The van der Waals surface area contributed by atoms with Gasteiger partial charge in [-0.05, 0) is 61.3 Å². The molecule has 2 aromatic rings. The van der Waals surface area contributed by atoms with Crippen molar-refractivity contribution in [2.45, 2.75) is 74.9 Å². The Morgan fingerprint density at radius 3 is 2.57 bits per heavy atom. The fourth-order valence-electron chi connectivity index (χ4n) is 4.06. The molecule has 0 saturated heterocycles. The van der Waals surface area contributed by atoms with Crippen LogP contribution in [0.4, 0.5) is 0 Å². The van der Waals surface area contributed by atoms with Crippen LogP contribution in [0.3, 0.4) is 0 Å². The molecule has 1 aromatic heterocycles. The lowest BCUT2D eigenvalue weighted by Gasteiger charge is -2.27. The molecule has 1 aliphatic rings. The van der Waals surface area contributed by atoms with Crippen LogP contribution in [0.1, 0.15) is 89.9 Å². The van der Waals surface area contributed by atoms with Crippen LogP contribution in [0.25, 0.3) is 0 Å². The molecule has 0 atom stereocenters. The second-order valence-corrected chi connectivity index (χ2v) is 9.94. The molecule has 3 rings (SSSR count).